The summed E-state index contributed by atoms with van der Waals surface area (Å²) in [7, 11) is 0. The second-order valence-corrected chi connectivity index (χ2v) is 9.41. The second-order valence-electron chi connectivity index (χ2n) is 9.41. The third-order valence-electron chi connectivity index (χ3n) is 6.62. The van der Waals surface area contributed by atoms with Crippen molar-refractivity contribution in [1.29, 1.82) is 5.26 Å². The third-order valence-corrected chi connectivity index (χ3v) is 6.62. The van der Waals surface area contributed by atoms with Crippen LogP contribution in [0.4, 0.5) is 0 Å². The molecule has 32 heavy (non-hydrogen) atoms. The molecule has 0 aromatic heterocycles. The number of aliphatic imine (C=N–C) groups is 1. The first-order valence-electron chi connectivity index (χ1n) is 11.3. The predicted molar refractivity (Wildman–Crippen MR) is 126 cm³/mol. The van der Waals surface area contributed by atoms with E-state index in [1.807, 2.05) is 6.07 Å². The van der Waals surface area contributed by atoms with Crippen LogP contribution in [0.3, 0.4) is 0 Å². The van der Waals surface area contributed by atoms with Crippen LogP contribution in [0.1, 0.15) is 31.4 Å². The maximum atomic E-state index is 9.91. The number of benzene rings is 2. The fourth-order valence-corrected chi connectivity index (χ4v) is 5.06. The predicted octanol–water partition coefficient (Wildman–Crippen LogP) is 3.81. The molecule has 1 atom stereocenters. The lowest BCUT2D eigenvalue weighted by Gasteiger charge is -2.53. The third kappa shape index (κ3) is 3.96. The Labute approximate surface area is 190 Å². The van der Waals surface area contributed by atoms with Crippen molar-refractivity contribution in [2.75, 3.05) is 19.9 Å². The summed E-state index contributed by atoms with van der Waals surface area (Å²) in [6.07, 6.45) is 5.74. The lowest BCUT2D eigenvalue weighted by atomic mass is 9.83. The molecule has 164 valence electrons. The summed E-state index contributed by atoms with van der Waals surface area (Å²) in [5.74, 6) is 0.820. The topological polar surface area (TPSA) is 49.1 Å². The Hall–Kier alpha value is -3.30. The summed E-state index contributed by atoms with van der Waals surface area (Å²) in [5.41, 5.74) is 3.59. The van der Waals surface area contributed by atoms with E-state index in [0.717, 1.165) is 38.7 Å². The van der Waals surface area contributed by atoms with Gasteiger partial charge in [0.15, 0.2) is 6.19 Å². The van der Waals surface area contributed by atoms with Gasteiger partial charge in [0, 0.05) is 25.8 Å². The van der Waals surface area contributed by atoms with E-state index >= 15 is 0 Å². The Morgan fingerprint density at radius 3 is 2.28 bits per heavy atom. The van der Waals surface area contributed by atoms with Crippen LogP contribution in [0, 0.1) is 11.5 Å². The van der Waals surface area contributed by atoms with Gasteiger partial charge in [-0.25, -0.2) is 9.89 Å². The summed E-state index contributed by atoms with van der Waals surface area (Å²) in [4.78, 5) is 13.9. The van der Waals surface area contributed by atoms with Crippen LogP contribution in [0.15, 0.2) is 77.4 Å². The van der Waals surface area contributed by atoms with Crippen LogP contribution in [0.5, 0.6) is 0 Å². The number of fused-ring (bicyclic) bond motifs is 3. The van der Waals surface area contributed by atoms with Gasteiger partial charge in [0.1, 0.15) is 0 Å². The van der Waals surface area contributed by atoms with Crippen LogP contribution in [0.25, 0.3) is 0 Å². The quantitative estimate of drug-likeness (QED) is 0.696. The van der Waals surface area contributed by atoms with E-state index in [9.17, 15) is 5.26 Å². The molecule has 1 fully saturated rings. The van der Waals surface area contributed by atoms with Crippen LogP contribution < -0.4 is 0 Å². The van der Waals surface area contributed by atoms with Gasteiger partial charge in [-0.1, -0.05) is 60.7 Å². The van der Waals surface area contributed by atoms with Crippen molar-refractivity contribution in [3.8, 4) is 6.19 Å². The molecule has 3 aliphatic heterocycles. The molecule has 5 rings (SSSR count). The fourth-order valence-electron chi connectivity index (χ4n) is 5.06. The zero-order valence-electron chi connectivity index (χ0n) is 18.9. The summed E-state index contributed by atoms with van der Waals surface area (Å²) >= 11 is 0. The lowest BCUT2D eigenvalue weighted by Crippen LogP contribution is -2.65. The van der Waals surface area contributed by atoms with Crippen molar-refractivity contribution in [3.63, 3.8) is 0 Å². The minimum Gasteiger partial charge on any atom is -0.373 e. The van der Waals surface area contributed by atoms with Gasteiger partial charge in [-0.15, -0.1) is 0 Å². The molecule has 3 aliphatic rings. The smallest absolute Gasteiger partial charge is 0.213 e. The Morgan fingerprint density at radius 1 is 0.969 bits per heavy atom. The molecule has 0 saturated carbocycles. The number of hydrogen-bond donors (Lipinski definition) is 0. The van der Waals surface area contributed by atoms with E-state index in [0.29, 0.717) is 6.67 Å². The molecular weight excluding hydrogens is 396 g/mol. The molecule has 3 heterocycles. The maximum absolute atomic E-state index is 9.91. The number of hydrogen-bond acceptors (Lipinski definition) is 6. The number of rotatable bonds is 4. The van der Waals surface area contributed by atoms with Crippen LogP contribution in [0.2, 0.25) is 0 Å². The van der Waals surface area contributed by atoms with Crippen molar-refractivity contribution >= 4 is 5.96 Å². The zero-order chi connectivity index (χ0) is 22.1. The lowest BCUT2D eigenvalue weighted by molar-refractivity contribution is 0.0607. The van der Waals surface area contributed by atoms with Crippen molar-refractivity contribution in [3.05, 3.63) is 83.6 Å². The SMILES string of the molecule is CC1(C)N=C2N(C#N)CN(Cc3ccccc3)CN2[C@H]2CCN(Cc3ccccc3)C=C21. The van der Waals surface area contributed by atoms with E-state index < -0.39 is 0 Å². The minimum atomic E-state index is -0.331. The van der Waals surface area contributed by atoms with Gasteiger partial charge in [-0.05, 0) is 37.0 Å². The van der Waals surface area contributed by atoms with E-state index in [1.54, 1.807) is 4.90 Å². The first-order chi connectivity index (χ1) is 15.5. The monoisotopic (exact) mass is 426 g/mol. The first-order valence-corrected chi connectivity index (χ1v) is 11.3. The number of nitrogens with zero attached hydrogens (tertiary/aromatic N) is 6. The highest BCUT2D eigenvalue weighted by atomic mass is 15.5. The van der Waals surface area contributed by atoms with Gasteiger partial charge in [-0.2, -0.15) is 5.26 Å². The molecule has 0 unspecified atom stereocenters. The Bertz CT molecular complexity index is 1050. The molecule has 6 nitrogen and oxygen atoms in total. The molecule has 0 amide bonds. The Kier molecular flexibility index (Phi) is 5.36. The molecule has 0 radical (unpaired) electrons. The largest absolute Gasteiger partial charge is 0.373 e. The Balaban J connectivity index is 1.42. The van der Waals surface area contributed by atoms with Crippen LogP contribution in [-0.2, 0) is 13.1 Å². The second kappa shape index (κ2) is 8.33. The van der Waals surface area contributed by atoms with E-state index in [2.05, 4.69) is 95.5 Å². The molecule has 0 aliphatic carbocycles. The van der Waals surface area contributed by atoms with E-state index in [-0.39, 0.29) is 11.6 Å². The maximum Gasteiger partial charge on any atom is 0.213 e. The summed E-state index contributed by atoms with van der Waals surface area (Å²) in [6, 6.07) is 21.4. The minimum absolute atomic E-state index is 0.263. The van der Waals surface area contributed by atoms with Crippen LogP contribution in [-0.4, -0.2) is 57.0 Å². The molecule has 1 saturated heterocycles. The van der Waals surface area contributed by atoms with Gasteiger partial charge >= 0.3 is 0 Å². The summed E-state index contributed by atoms with van der Waals surface area (Å²) < 4.78 is 0. The fraction of sp³-hybridized carbons (Fsp3) is 0.385. The first kappa shape index (κ1) is 20.6. The van der Waals surface area contributed by atoms with Crippen molar-refractivity contribution in [1.82, 2.24) is 19.6 Å². The van der Waals surface area contributed by atoms with Crippen molar-refractivity contribution < 1.29 is 0 Å². The molecule has 0 spiro atoms. The van der Waals surface area contributed by atoms with Crippen molar-refractivity contribution in [2.24, 2.45) is 4.99 Å². The average molecular weight is 427 g/mol. The van der Waals surface area contributed by atoms with E-state index in [4.69, 9.17) is 4.99 Å². The highest BCUT2D eigenvalue weighted by Crippen LogP contribution is 2.38. The summed E-state index contributed by atoms with van der Waals surface area (Å²) in [5, 5.41) is 9.91. The van der Waals surface area contributed by atoms with Gasteiger partial charge in [0.05, 0.1) is 24.9 Å². The zero-order valence-corrected chi connectivity index (χ0v) is 18.9. The normalized spacial score (nSPS) is 22.4. The van der Waals surface area contributed by atoms with Gasteiger partial charge < -0.3 is 9.80 Å². The Morgan fingerprint density at radius 2 is 1.62 bits per heavy atom. The molecule has 6 heteroatoms. The molecule has 0 N–H and O–H groups in total. The molecule has 2 aromatic carbocycles. The molecule has 2 aromatic rings. The standard InChI is InChI=1S/C26H30N6/c1-26(2)23-17-29(15-21-9-5-3-6-10-21)14-13-24(23)32-20-30(16-22-11-7-4-8-12-22)19-31(18-27)25(32)28-26/h3-12,17,24H,13-16,19-20H2,1-2H3/t24-/m0/s1. The van der Waals surface area contributed by atoms with Crippen LogP contribution >= 0.6 is 0 Å². The van der Waals surface area contributed by atoms with Gasteiger partial charge in [0.2, 0.25) is 5.96 Å². The highest BCUT2D eigenvalue weighted by molar-refractivity contribution is 5.85. The average Bonchev–Trinajstić information content (AvgIpc) is 2.80. The number of nitriles is 1. The van der Waals surface area contributed by atoms with Crippen molar-refractivity contribution in [2.45, 2.75) is 44.9 Å². The van der Waals surface area contributed by atoms with E-state index in [1.165, 1.54) is 16.7 Å². The summed E-state index contributed by atoms with van der Waals surface area (Å²) in [6.45, 7) is 8.42. The van der Waals surface area contributed by atoms with Gasteiger partial charge in [-0.3, -0.25) is 4.90 Å². The van der Waals surface area contributed by atoms with Gasteiger partial charge in [0.25, 0.3) is 0 Å². The number of guanidine groups is 1. The molecule has 0 bridgehead atoms. The molecular formula is C26H30N6. The highest BCUT2D eigenvalue weighted by Gasteiger charge is 2.45.